The van der Waals surface area contributed by atoms with E-state index in [0.29, 0.717) is 19.1 Å². The van der Waals surface area contributed by atoms with Crippen LogP contribution in [0.2, 0.25) is 0 Å². The molecule has 29 heavy (non-hydrogen) atoms. The minimum atomic E-state index is 0.561. The Kier molecular flexibility index (Phi) is 6.89. The number of rotatable bonds is 7. The van der Waals surface area contributed by atoms with Crippen LogP contribution in [0.15, 0.2) is 4.99 Å². The van der Waals surface area contributed by atoms with E-state index >= 15 is 0 Å². The molecule has 0 aromatic carbocycles. The highest BCUT2D eigenvalue weighted by atomic mass is 15.3. The van der Waals surface area contributed by atoms with Crippen molar-refractivity contribution in [3.05, 3.63) is 28.6 Å². The van der Waals surface area contributed by atoms with E-state index in [-0.39, 0.29) is 0 Å². The van der Waals surface area contributed by atoms with Crippen molar-refractivity contribution in [2.75, 3.05) is 19.6 Å². The standard InChI is InChI=1S/C20H35N9/c1-7-29-10-8-9-17(29)11-21-20(23-13-19-25-24-16(4)27(19)5)22-12-18-14(2)26-28(6)15(18)3/h17H,7-13H2,1-6H3,(H2,21,22,23). The quantitative estimate of drug-likeness (QED) is 0.535. The van der Waals surface area contributed by atoms with Gasteiger partial charge in [0.1, 0.15) is 5.82 Å². The van der Waals surface area contributed by atoms with Crippen molar-refractivity contribution in [3.8, 4) is 0 Å². The van der Waals surface area contributed by atoms with Crippen LogP contribution in [0.3, 0.4) is 0 Å². The highest BCUT2D eigenvalue weighted by Gasteiger charge is 2.23. The van der Waals surface area contributed by atoms with Gasteiger partial charge in [0.2, 0.25) is 0 Å². The third-order valence-corrected chi connectivity index (χ3v) is 6.06. The first-order chi connectivity index (χ1) is 13.9. The number of nitrogens with one attached hydrogen (secondary N) is 2. The zero-order valence-electron chi connectivity index (χ0n) is 18.7. The first-order valence-electron chi connectivity index (χ1n) is 10.5. The van der Waals surface area contributed by atoms with Gasteiger partial charge in [0, 0.05) is 37.9 Å². The second-order valence-electron chi connectivity index (χ2n) is 7.82. The first-order valence-corrected chi connectivity index (χ1v) is 10.5. The molecule has 2 aromatic heterocycles. The van der Waals surface area contributed by atoms with E-state index in [0.717, 1.165) is 42.1 Å². The van der Waals surface area contributed by atoms with E-state index in [1.807, 2.05) is 37.2 Å². The number of likely N-dealkylation sites (tertiary alicyclic amines) is 1. The summed E-state index contributed by atoms with van der Waals surface area (Å²) in [6.45, 7) is 12.7. The fourth-order valence-electron chi connectivity index (χ4n) is 3.90. The Balaban J connectivity index is 1.70. The van der Waals surface area contributed by atoms with Crippen molar-refractivity contribution in [2.24, 2.45) is 19.1 Å². The molecule has 0 amide bonds. The summed E-state index contributed by atoms with van der Waals surface area (Å²) in [5.74, 6) is 2.59. The van der Waals surface area contributed by atoms with E-state index in [1.165, 1.54) is 24.9 Å². The second-order valence-corrected chi connectivity index (χ2v) is 7.82. The largest absolute Gasteiger partial charge is 0.355 e. The lowest BCUT2D eigenvalue weighted by Crippen LogP contribution is -2.44. The monoisotopic (exact) mass is 401 g/mol. The van der Waals surface area contributed by atoms with Crippen LogP contribution in [-0.2, 0) is 27.2 Å². The number of likely N-dealkylation sites (N-methyl/N-ethyl adjacent to an activating group) is 1. The van der Waals surface area contributed by atoms with E-state index in [1.54, 1.807) is 0 Å². The fourth-order valence-corrected chi connectivity index (χ4v) is 3.90. The summed E-state index contributed by atoms with van der Waals surface area (Å²) in [7, 11) is 3.96. The predicted octanol–water partition coefficient (Wildman–Crippen LogP) is 1.19. The van der Waals surface area contributed by atoms with E-state index in [4.69, 9.17) is 4.99 Å². The zero-order chi connectivity index (χ0) is 21.0. The van der Waals surface area contributed by atoms with Crippen molar-refractivity contribution in [3.63, 3.8) is 0 Å². The fraction of sp³-hybridized carbons (Fsp3) is 0.700. The molecule has 1 aliphatic heterocycles. The molecule has 0 saturated carbocycles. The molecular formula is C20H35N9. The molecule has 0 bridgehead atoms. The second kappa shape index (κ2) is 9.39. The molecule has 9 heteroatoms. The van der Waals surface area contributed by atoms with E-state index in [2.05, 4.69) is 44.7 Å². The van der Waals surface area contributed by atoms with Crippen LogP contribution >= 0.6 is 0 Å². The maximum Gasteiger partial charge on any atom is 0.192 e. The molecule has 1 atom stereocenters. The molecule has 0 aliphatic carbocycles. The van der Waals surface area contributed by atoms with Crippen LogP contribution in [0.1, 0.15) is 48.4 Å². The van der Waals surface area contributed by atoms with Crippen LogP contribution in [-0.4, -0.2) is 61.1 Å². The molecule has 3 rings (SSSR count). The van der Waals surface area contributed by atoms with Crippen LogP contribution in [0, 0.1) is 20.8 Å². The topological polar surface area (TPSA) is 88.2 Å². The van der Waals surface area contributed by atoms with Gasteiger partial charge in [-0.25, -0.2) is 4.99 Å². The Morgan fingerprint density at radius 1 is 1.17 bits per heavy atom. The molecule has 2 aromatic rings. The van der Waals surface area contributed by atoms with Gasteiger partial charge in [-0.05, 0) is 46.7 Å². The van der Waals surface area contributed by atoms with Crippen molar-refractivity contribution in [2.45, 2.75) is 59.7 Å². The van der Waals surface area contributed by atoms with Crippen molar-refractivity contribution >= 4 is 5.96 Å². The van der Waals surface area contributed by atoms with Gasteiger partial charge in [0.25, 0.3) is 0 Å². The Morgan fingerprint density at radius 2 is 1.97 bits per heavy atom. The smallest absolute Gasteiger partial charge is 0.192 e. The molecule has 9 nitrogen and oxygen atoms in total. The normalized spacial score (nSPS) is 17.9. The SMILES string of the molecule is CCN1CCCC1CNC(=NCc1c(C)nn(C)c1C)NCc1nnc(C)n1C. The lowest BCUT2D eigenvalue weighted by molar-refractivity contribution is 0.267. The highest BCUT2D eigenvalue weighted by molar-refractivity contribution is 5.79. The number of aliphatic imine (C=N–C) groups is 1. The molecule has 0 spiro atoms. The molecule has 2 N–H and O–H groups in total. The number of guanidine groups is 1. The number of aryl methyl sites for hydroxylation is 3. The van der Waals surface area contributed by atoms with Gasteiger partial charge in [-0.2, -0.15) is 5.10 Å². The van der Waals surface area contributed by atoms with Crippen LogP contribution in [0.25, 0.3) is 0 Å². The minimum absolute atomic E-state index is 0.561. The van der Waals surface area contributed by atoms with Crippen LogP contribution < -0.4 is 10.6 Å². The van der Waals surface area contributed by atoms with E-state index < -0.39 is 0 Å². The molecule has 1 unspecified atom stereocenters. The van der Waals surface area contributed by atoms with Gasteiger partial charge in [0.15, 0.2) is 11.8 Å². The predicted molar refractivity (Wildman–Crippen MR) is 115 cm³/mol. The highest BCUT2D eigenvalue weighted by Crippen LogP contribution is 2.16. The lowest BCUT2D eigenvalue weighted by atomic mass is 10.2. The van der Waals surface area contributed by atoms with Crippen molar-refractivity contribution in [1.82, 2.24) is 40.1 Å². The molecule has 1 saturated heterocycles. The van der Waals surface area contributed by atoms with Gasteiger partial charge < -0.3 is 15.2 Å². The summed E-state index contributed by atoms with van der Waals surface area (Å²) in [6.07, 6.45) is 2.50. The van der Waals surface area contributed by atoms with Gasteiger partial charge >= 0.3 is 0 Å². The average molecular weight is 402 g/mol. The van der Waals surface area contributed by atoms with Crippen LogP contribution in [0.4, 0.5) is 0 Å². The van der Waals surface area contributed by atoms with Gasteiger partial charge in [-0.15, -0.1) is 10.2 Å². The molecule has 0 radical (unpaired) electrons. The maximum atomic E-state index is 4.86. The summed E-state index contributed by atoms with van der Waals surface area (Å²) in [5.41, 5.74) is 3.37. The van der Waals surface area contributed by atoms with Gasteiger partial charge in [0.05, 0.1) is 18.8 Å². The Bertz CT molecular complexity index is 848. The van der Waals surface area contributed by atoms with Crippen molar-refractivity contribution < 1.29 is 0 Å². The zero-order valence-corrected chi connectivity index (χ0v) is 18.7. The molecule has 160 valence electrons. The third-order valence-electron chi connectivity index (χ3n) is 6.06. The average Bonchev–Trinajstić information content (AvgIpc) is 3.36. The van der Waals surface area contributed by atoms with Crippen LogP contribution in [0.5, 0.6) is 0 Å². The summed E-state index contributed by atoms with van der Waals surface area (Å²) < 4.78 is 3.91. The third kappa shape index (κ3) is 4.95. The number of nitrogens with zero attached hydrogens (tertiary/aromatic N) is 7. The first kappa shape index (κ1) is 21.3. The minimum Gasteiger partial charge on any atom is -0.355 e. The summed E-state index contributed by atoms with van der Waals surface area (Å²) >= 11 is 0. The molecule has 1 aliphatic rings. The van der Waals surface area contributed by atoms with Crippen molar-refractivity contribution in [1.29, 1.82) is 0 Å². The molecule has 1 fully saturated rings. The Morgan fingerprint density at radius 3 is 2.59 bits per heavy atom. The number of hydrogen-bond acceptors (Lipinski definition) is 5. The molecular weight excluding hydrogens is 366 g/mol. The number of aromatic nitrogens is 5. The molecule has 3 heterocycles. The maximum absolute atomic E-state index is 4.86. The Labute approximate surface area is 173 Å². The lowest BCUT2D eigenvalue weighted by Gasteiger charge is -2.24. The van der Waals surface area contributed by atoms with Gasteiger partial charge in [-0.1, -0.05) is 6.92 Å². The number of hydrogen-bond donors (Lipinski definition) is 2. The summed E-state index contributed by atoms with van der Waals surface area (Å²) in [4.78, 5) is 7.39. The Hall–Kier alpha value is -2.42. The van der Waals surface area contributed by atoms with Gasteiger partial charge in [-0.3, -0.25) is 9.58 Å². The van der Waals surface area contributed by atoms with E-state index in [9.17, 15) is 0 Å². The summed E-state index contributed by atoms with van der Waals surface area (Å²) in [6, 6.07) is 0.561. The summed E-state index contributed by atoms with van der Waals surface area (Å²) in [5, 5.41) is 19.9.